The summed E-state index contributed by atoms with van der Waals surface area (Å²) in [6.45, 7) is 3.00. The summed E-state index contributed by atoms with van der Waals surface area (Å²) >= 11 is 0. The number of halogens is 1. The number of piperazine rings is 1. The lowest BCUT2D eigenvalue weighted by Crippen LogP contribution is -2.51. The summed E-state index contributed by atoms with van der Waals surface area (Å²) < 4.78 is 38.5. The molecule has 1 aromatic rings. The Bertz CT molecular complexity index is 539. The predicted molar refractivity (Wildman–Crippen MR) is 75.7 cm³/mol. The van der Waals surface area contributed by atoms with Crippen LogP contribution in [0.25, 0.3) is 0 Å². The Kier molecular flexibility index (Phi) is 4.62. The van der Waals surface area contributed by atoms with E-state index in [-0.39, 0.29) is 12.4 Å². The topological polar surface area (TPSA) is 60.9 Å². The van der Waals surface area contributed by atoms with Crippen LogP contribution >= 0.6 is 0 Å². The third kappa shape index (κ3) is 3.11. The van der Waals surface area contributed by atoms with Crippen molar-refractivity contribution >= 4 is 15.7 Å². The van der Waals surface area contributed by atoms with Gasteiger partial charge in [-0.1, -0.05) is 0 Å². The molecule has 1 atom stereocenters. The highest BCUT2D eigenvalue weighted by molar-refractivity contribution is 7.89. The molecule has 0 saturated carbocycles. The first-order chi connectivity index (χ1) is 9.45. The van der Waals surface area contributed by atoms with Crippen LogP contribution in [0.5, 0.6) is 0 Å². The number of sulfonamides is 1. The van der Waals surface area contributed by atoms with Crippen molar-refractivity contribution in [1.82, 2.24) is 4.31 Å². The molecule has 1 N–H and O–H groups in total. The van der Waals surface area contributed by atoms with Crippen LogP contribution in [0, 0.1) is 5.82 Å². The number of aliphatic hydroxyl groups excluding tert-OH is 1. The Balaban J connectivity index is 2.01. The number of rotatable bonds is 4. The van der Waals surface area contributed by atoms with Gasteiger partial charge in [0.25, 0.3) is 0 Å². The molecule has 0 bridgehead atoms. The Morgan fingerprint density at radius 3 is 2.25 bits per heavy atom. The minimum atomic E-state index is -3.43. The molecule has 7 heteroatoms. The highest BCUT2D eigenvalue weighted by atomic mass is 32.2. The van der Waals surface area contributed by atoms with E-state index >= 15 is 0 Å². The van der Waals surface area contributed by atoms with Crippen molar-refractivity contribution < 1.29 is 17.9 Å². The molecule has 2 rings (SSSR count). The van der Waals surface area contributed by atoms with E-state index < -0.39 is 15.3 Å². The number of nitrogens with zero attached hydrogens (tertiary/aromatic N) is 2. The van der Waals surface area contributed by atoms with Gasteiger partial charge in [0.15, 0.2) is 0 Å². The van der Waals surface area contributed by atoms with E-state index in [1.54, 1.807) is 12.1 Å². The minimum Gasteiger partial charge on any atom is -0.395 e. The molecule has 1 aliphatic heterocycles. The van der Waals surface area contributed by atoms with Gasteiger partial charge in [-0.2, -0.15) is 4.31 Å². The number of hydrogen-bond donors (Lipinski definition) is 1. The zero-order chi connectivity index (χ0) is 14.8. The van der Waals surface area contributed by atoms with Gasteiger partial charge in [-0.15, -0.1) is 0 Å². The van der Waals surface area contributed by atoms with Crippen molar-refractivity contribution in [2.24, 2.45) is 0 Å². The van der Waals surface area contributed by atoms with Crippen molar-refractivity contribution in [3.05, 3.63) is 30.1 Å². The van der Waals surface area contributed by atoms with Crippen molar-refractivity contribution in [3.63, 3.8) is 0 Å². The van der Waals surface area contributed by atoms with E-state index in [1.807, 2.05) is 4.90 Å². The van der Waals surface area contributed by atoms with Gasteiger partial charge in [-0.05, 0) is 31.2 Å². The van der Waals surface area contributed by atoms with Gasteiger partial charge >= 0.3 is 0 Å². The molecule has 1 aromatic carbocycles. The maximum Gasteiger partial charge on any atom is 0.219 e. The molecule has 0 spiro atoms. The van der Waals surface area contributed by atoms with Crippen molar-refractivity contribution in [1.29, 1.82) is 0 Å². The van der Waals surface area contributed by atoms with E-state index in [4.69, 9.17) is 5.11 Å². The van der Waals surface area contributed by atoms with Crippen LogP contribution < -0.4 is 4.90 Å². The quantitative estimate of drug-likeness (QED) is 0.887. The van der Waals surface area contributed by atoms with E-state index in [9.17, 15) is 12.8 Å². The third-order valence-electron chi connectivity index (χ3n) is 3.56. The first-order valence-corrected chi connectivity index (χ1v) is 8.06. The molecule has 0 aromatic heterocycles. The number of aliphatic hydroxyl groups is 1. The van der Waals surface area contributed by atoms with E-state index in [0.29, 0.717) is 26.2 Å². The Hall–Kier alpha value is -1.18. The highest BCUT2D eigenvalue weighted by Crippen LogP contribution is 2.19. The van der Waals surface area contributed by atoms with Crippen LogP contribution in [0.4, 0.5) is 10.1 Å². The summed E-state index contributed by atoms with van der Waals surface area (Å²) in [5.41, 5.74) is 0.888. The van der Waals surface area contributed by atoms with Gasteiger partial charge in [0.05, 0.1) is 11.9 Å². The fraction of sp³-hybridized carbons (Fsp3) is 0.538. The molecule has 1 fully saturated rings. The fourth-order valence-corrected chi connectivity index (χ4v) is 3.57. The predicted octanol–water partition coefficient (Wildman–Crippen LogP) is 0.658. The first kappa shape index (κ1) is 15.2. The van der Waals surface area contributed by atoms with Crippen molar-refractivity contribution in [2.75, 3.05) is 37.7 Å². The summed E-state index contributed by atoms with van der Waals surface area (Å²) in [6.07, 6.45) is 0. The lowest BCUT2D eigenvalue weighted by molar-refractivity contribution is 0.287. The van der Waals surface area contributed by atoms with E-state index in [2.05, 4.69) is 0 Å². The second-order valence-electron chi connectivity index (χ2n) is 4.90. The molecular formula is C13H19FN2O3S. The number of hydrogen-bond acceptors (Lipinski definition) is 4. The van der Waals surface area contributed by atoms with Gasteiger partial charge in [0.2, 0.25) is 10.0 Å². The van der Waals surface area contributed by atoms with Gasteiger partial charge in [-0.25, -0.2) is 12.8 Å². The summed E-state index contributed by atoms with van der Waals surface area (Å²) in [4.78, 5) is 2.02. The SMILES string of the molecule is CC(CO)S(=O)(=O)N1CCN(c2ccc(F)cc2)CC1. The molecule has 112 valence electrons. The van der Waals surface area contributed by atoms with Gasteiger partial charge in [-0.3, -0.25) is 0 Å². The fourth-order valence-electron chi connectivity index (χ4n) is 2.20. The van der Waals surface area contributed by atoms with Crippen LogP contribution in [0.3, 0.4) is 0 Å². The monoisotopic (exact) mass is 302 g/mol. The summed E-state index contributed by atoms with van der Waals surface area (Å²) in [5.74, 6) is -0.285. The minimum absolute atomic E-state index is 0.285. The average Bonchev–Trinajstić information content (AvgIpc) is 2.47. The summed E-state index contributed by atoms with van der Waals surface area (Å²) in [5, 5.41) is 8.23. The van der Waals surface area contributed by atoms with Gasteiger partial charge in [0.1, 0.15) is 5.82 Å². The normalized spacial score (nSPS) is 19.1. The zero-order valence-corrected chi connectivity index (χ0v) is 12.2. The lowest BCUT2D eigenvalue weighted by atomic mass is 10.2. The lowest BCUT2D eigenvalue weighted by Gasteiger charge is -2.36. The number of anilines is 1. The van der Waals surface area contributed by atoms with Crippen LogP contribution in [-0.2, 0) is 10.0 Å². The molecular weight excluding hydrogens is 283 g/mol. The van der Waals surface area contributed by atoms with Crippen LogP contribution in [0.1, 0.15) is 6.92 Å². The number of benzene rings is 1. The molecule has 1 saturated heterocycles. The van der Waals surface area contributed by atoms with E-state index in [0.717, 1.165) is 5.69 Å². The van der Waals surface area contributed by atoms with Gasteiger partial charge in [0, 0.05) is 31.9 Å². The molecule has 1 unspecified atom stereocenters. The molecule has 1 aliphatic rings. The summed E-state index contributed by atoms with van der Waals surface area (Å²) in [6, 6.07) is 6.17. The first-order valence-electron chi connectivity index (χ1n) is 6.55. The van der Waals surface area contributed by atoms with Crippen LogP contribution in [-0.4, -0.2) is 55.9 Å². The molecule has 0 amide bonds. The van der Waals surface area contributed by atoms with Crippen LogP contribution in [0.15, 0.2) is 24.3 Å². The van der Waals surface area contributed by atoms with Crippen molar-refractivity contribution in [2.45, 2.75) is 12.2 Å². The second-order valence-corrected chi connectivity index (χ2v) is 7.25. The molecule has 1 heterocycles. The summed E-state index contributed by atoms with van der Waals surface area (Å²) in [7, 11) is -3.43. The zero-order valence-electron chi connectivity index (χ0n) is 11.4. The van der Waals surface area contributed by atoms with Crippen LogP contribution in [0.2, 0.25) is 0 Å². The smallest absolute Gasteiger partial charge is 0.219 e. The van der Waals surface area contributed by atoms with E-state index in [1.165, 1.54) is 23.4 Å². The Morgan fingerprint density at radius 1 is 1.20 bits per heavy atom. The van der Waals surface area contributed by atoms with Gasteiger partial charge < -0.3 is 10.0 Å². The largest absolute Gasteiger partial charge is 0.395 e. The third-order valence-corrected chi connectivity index (χ3v) is 5.81. The maximum atomic E-state index is 12.9. The highest BCUT2D eigenvalue weighted by Gasteiger charge is 2.31. The maximum absolute atomic E-state index is 12.9. The molecule has 0 radical (unpaired) electrons. The average molecular weight is 302 g/mol. The second kappa shape index (κ2) is 6.07. The molecule has 0 aliphatic carbocycles. The Labute approximate surface area is 118 Å². The van der Waals surface area contributed by atoms with Crippen molar-refractivity contribution in [3.8, 4) is 0 Å². The Morgan fingerprint density at radius 2 is 1.75 bits per heavy atom. The molecule has 20 heavy (non-hydrogen) atoms. The molecule has 5 nitrogen and oxygen atoms in total. The standard InChI is InChI=1S/C13H19FN2O3S/c1-11(10-17)20(18,19)16-8-6-15(7-9-16)13-4-2-12(14)3-5-13/h2-5,11,17H,6-10H2,1H3.